The largest absolute Gasteiger partial charge is 0.316 e. The van der Waals surface area contributed by atoms with Crippen LogP contribution in [0.2, 0.25) is 0 Å². The number of hydrogen-bond acceptors (Lipinski definition) is 2. The van der Waals surface area contributed by atoms with Gasteiger partial charge in [-0.3, -0.25) is 4.68 Å². The Morgan fingerprint density at radius 2 is 2.29 bits per heavy atom. The number of nitrogens with zero attached hydrogens (tertiary/aromatic N) is 2. The molecule has 1 aliphatic rings. The molecule has 1 fully saturated rings. The minimum atomic E-state index is 0.737. The maximum atomic E-state index is 5.98. The van der Waals surface area contributed by atoms with Crippen molar-refractivity contribution < 1.29 is 0 Å². The molecule has 1 aliphatic carbocycles. The summed E-state index contributed by atoms with van der Waals surface area (Å²) in [5.74, 6) is 2.36. The summed E-state index contributed by atoms with van der Waals surface area (Å²) < 4.78 is 1.94. The van der Waals surface area contributed by atoms with E-state index in [0.717, 1.165) is 37.2 Å². The van der Waals surface area contributed by atoms with Crippen molar-refractivity contribution in [2.45, 2.75) is 25.7 Å². The molecule has 96 valence electrons. The first-order chi connectivity index (χ1) is 8.31. The van der Waals surface area contributed by atoms with Gasteiger partial charge in [-0.1, -0.05) is 6.42 Å². The lowest BCUT2D eigenvalue weighted by Gasteiger charge is -2.17. The lowest BCUT2D eigenvalue weighted by Crippen LogP contribution is -2.28. The molecule has 1 aromatic rings. The molecule has 0 saturated heterocycles. The van der Waals surface area contributed by atoms with Crippen LogP contribution in [0, 0.1) is 11.8 Å². The minimum absolute atomic E-state index is 0.737. The molecule has 0 radical (unpaired) electrons. The molecule has 3 nitrogen and oxygen atoms in total. The van der Waals surface area contributed by atoms with E-state index in [-0.39, 0.29) is 0 Å². The second-order valence-corrected chi connectivity index (χ2v) is 5.31. The van der Waals surface area contributed by atoms with E-state index < -0.39 is 0 Å². The van der Waals surface area contributed by atoms with Gasteiger partial charge in [-0.05, 0) is 37.3 Å². The van der Waals surface area contributed by atoms with E-state index in [9.17, 15) is 0 Å². The average Bonchev–Trinajstić information content (AvgIpc) is 2.93. The Balaban J connectivity index is 1.65. The van der Waals surface area contributed by atoms with E-state index in [1.54, 1.807) is 0 Å². The van der Waals surface area contributed by atoms with Gasteiger partial charge in [0.25, 0.3) is 0 Å². The summed E-state index contributed by atoms with van der Waals surface area (Å²) in [7, 11) is 2.00. The fourth-order valence-electron chi connectivity index (χ4n) is 2.74. The Morgan fingerprint density at radius 3 is 3.00 bits per heavy atom. The minimum Gasteiger partial charge on any atom is -0.316 e. The highest BCUT2D eigenvalue weighted by Crippen LogP contribution is 2.31. The topological polar surface area (TPSA) is 29.9 Å². The summed E-state index contributed by atoms with van der Waals surface area (Å²) in [5.41, 5.74) is 1.29. The summed E-state index contributed by atoms with van der Waals surface area (Å²) >= 11 is 5.98. The van der Waals surface area contributed by atoms with Gasteiger partial charge in [0.1, 0.15) is 0 Å². The van der Waals surface area contributed by atoms with Crippen LogP contribution in [0.3, 0.4) is 0 Å². The molecule has 2 atom stereocenters. The monoisotopic (exact) mass is 255 g/mol. The highest BCUT2D eigenvalue weighted by Gasteiger charge is 2.25. The third-order valence-corrected chi connectivity index (χ3v) is 4.30. The van der Waals surface area contributed by atoms with Crippen LogP contribution in [-0.4, -0.2) is 28.8 Å². The predicted molar refractivity (Wildman–Crippen MR) is 71.3 cm³/mol. The molecule has 2 rings (SSSR count). The van der Waals surface area contributed by atoms with Gasteiger partial charge in [0.15, 0.2) is 0 Å². The van der Waals surface area contributed by atoms with Gasteiger partial charge in [0, 0.05) is 37.8 Å². The van der Waals surface area contributed by atoms with E-state index in [1.807, 2.05) is 17.9 Å². The number of halogens is 1. The predicted octanol–water partition coefficient (Wildman–Crippen LogP) is 2.21. The van der Waals surface area contributed by atoms with E-state index in [1.165, 1.54) is 25.0 Å². The maximum absolute atomic E-state index is 5.98. The average molecular weight is 256 g/mol. The summed E-state index contributed by atoms with van der Waals surface area (Å²) in [6.07, 6.45) is 6.92. The van der Waals surface area contributed by atoms with Gasteiger partial charge in [0.05, 0.1) is 0 Å². The molecular weight excluding hydrogens is 234 g/mol. The third-order valence-electron chi connectivity index (χ3n) is 3.90. The number of nitrogens with one attached hydrogen (secondary N) is 1. The Hall–Kier alpha value is -0.540. The van der Waals surface area contributed by atoms with Crippen molar-refractivity contribution in [1.29, 1.82) is 0 Å². The van der Waals surface area contributed by atoms with Crippen LogP contribution in [0.1, 0.15) is 25.0 Å². The standard InChI is InChI=1S/C13H22ClN3/c1-17-13(6-8-16-17)5-7-15-10-12-4-2-3-11(12)9-14/h6,8,11-12,15H,2-5,7,9-10H2,1H3. The molecule has 2 unspecified atom stereocenters. The zero-order valence-electron chi connectivity index (χ0n) is 10.5. The van der Waals surface area contributed by atoms with Crippen LogP contribution in [-0.2, 0) is 13.5 Å². The molecule has 1 heterocycles. The van der Waals surface area contributed by atoms with Crippen LogP contribution in [0.5, 0.6) is 0 Å². The summed E-state index contributed by atoms with van der Waals surface area (Å²) in [6.45, 7) is 2.15. The van der Waals surface area contributed by atoms with Crippen LogP contribution in [0.25, 0.3) is 0 Å². The van der Waals surface area contributed by atoms with Crippen LogP contribution in [0.4, 0.5) is 0 Å². The van der Waals surface area contributed by atoms with Crippen molar-refractivity contribution in [2.75, 3.05) is 19.0 Å². The third kappa shape index (κ3) is 3.46. The van der Waals surface area contributed by atoms with E-state index in [0.29, 0.717) is 0 Å². The van der Waals surface area contributed by atoms with Crippen molar-refractivity contribution in [3.05, 3.63) is 18.0 Å². The zero-order valence-corrected chi connectivity index (χ0v) is 11.3. The van der Waals surface area contributed by atoms with Crippen molar-refractivity contribution in [3.8, 4) is 0 Å². The SMILES string of the molecule is Cn1nccc1CCNCC1CCCC1CCl. The Labute approximate surface area is 109 Å². The second kappa shape index (κ2) is 6.41. The molecule has 0 amide bonds. The fraction of sp³-hybridized carbons (Fsp3) is 0.769. The van der Waals surface area contributed by atoms with E-state index in [2.05, 4.69) is 16.5 Å². The van der Waals surface area contributed by atoms with Gasteiger partial charge < -0.3 is 5.32 Å². The molecule has 1 aromatic heterocycles. The molecule has 17 heavy (non-hydrogen) atoms. The molecule has 4 heteroatoms. The molecular formula is C13H22ClN3. The van der Waals surface area contributed by atoms with Crippen molar-refractivity contribution in [2.24, 2.45) is 18.9 Å². The molecule has 0 aromatic carbocycles. The quantitative estimate of drug-likeness (QED) is 0.624. The molecule has 0 spiro atoms. The van der Waals surface area contributed by atoms with Gasteiger partial charge in [-0.2, -0.15) is 5.10 Å². The Morgan fingerprint density at radius 1 is 1.47 bits per heavy atom. The van der Waals surface area contributed by atoms with E-state index >= 15 is 0 Å². The van der Waals surface area contributed by atoms with Gasteiger partial charge in [0.2, 0.25) is 0 Å². The molecule has 1 N–H and O–H groups in total. The number of rotatable bonds is 6. The first-order valence-electron chi connectivity index (χ1n) is 6.55. The number of aryl methyl sites for hydroxylation is 1. The number of aromatic nitrogens is 2. The highest BCUT2D eigenvalue weighted by atomic mass is 35.5. The zero-order chi connectivity index (χ0) is 12.1. The Kier molecular flexibility index (Phi) is 4.86. The van der Waals surface area contributed by atoms with Crippen molar-refractivity contribution in [3.63, 3.8) is 0 Å². The maximum Gasteiger partial charge on any atom is 0.0492 e. The number of alkyl halides is 1. The summed E-state index contributed by atoms with van der Waals surface area (Å²) in [6, 6.07) is 2.08. The normalized spacial score (nSPS) is 24.4. The first kappa shape index (κ1) is 12.9. The first-order valence-corrected chi connectivity index (χ1v) is 7.08. The van der Waals surface area contributed by atoms with Crippen LogP contribution in [0.15, 0.2) is 12.3 Å². The van der Waals surface area contributed by atoms with E-state index in [4.69, 9.17) is 11.6 Å². The van der Waals surface area contributed by atoms with Gasteiger partial charge in [-0.25, -0.2) is 0 Å². The smallest absolute Gasteiger partial charge is 0.0492 e. The molecule has 0 aliphatic heterocycles. The fourth-order valence-corrected chi connectivity index (χ4v) is 3.14. The van der Waals surface area contributed by atoms with Crippen molar-refractivity contribution >= 4 is 11.6 Å². The molecule has 0 bridgehead atoms. The second-order valence-electron chi connectivity index (χ2n) is 5.01. The van der Waals surface area contributed by atoms with Crippen LogP contribution < -0.4 is 5.32 Å². The van der Waals surface area contributed by atoms with Gasteiger partial charge >= 0.3 is 0 Å². The summed E-state index contributed by atoms with van der Waals surface area (Å²) in [5, 5.41) is 7.73. The summed E-state index contributed by atoms with van der Waals surface area (Å²) in [4.78, 5) is 0. The van der Waals surface area contributed by atoms with Gasteiger partial charge in [-0.15, -0.1) is 11.6 Å². The van der Waals surface area contributed by atoms with Crippen LogP contribution >= 0.6 is 11.6 Å². The lowest BCUT2D eigenvalue weighted by atomic mass is 9.98. The van der Waals surface area contributed by atoms with Crippen molar-refractivity contribution in [1.82, 2.24) is 15.1 Å². The Bertz CT molecular complexity index is 337. The molecule has 1 saturated carbocycles. The number of hydrogen-bond donors (Lipinski definition) is 1. The lowest BCUT2D eigenvalue weighted by molar-refractivity contribution is 0.396. The highest BCUT2D eigenvalue weighted by molar-refractivity contribution is 6.18.